The van der Waals surface area contributed by atoms with E-state index in [1.165, 1.54) is 0 Å². The van der Waals surface area contributed by atoms with Gasteiger partial charge in [-0.3, -0.25) is 9.97 Å². The van der Waals surface area contributed by atoms with Gasteiger partial charge in [0, 0.05) is 12.4 Å². The van der Waals surface area contributed by atoms with Crippen LogP contribution in [-0.4, -0.2) is 36.6 Å². The molecule has 4 aromatic heterocycles. The first-order valence-electron chi connectivity index (χ1n) is 13.5. The van der Waals surface area contributed by atoms with Crippen LogP contribution in [0.3, 0.4) is 0 Å². The number of fused-ring (bicyclic) bond motifs is 4. The summed E-state index contributed by atoms with van der Waals surface area (Å²) in [5.74, 6) is 1.28. The molecule has 0 fully saturated rings. The van der Waals surface area contributed by atoms with E-state index < -0.39 is 5.60 Å². The van der Waals surface area contributed by atoms with Gasteiger partial charge < -0.3 is 19.3 Å². The molecule has 0 radical (unpaired) electrons. The molecule has 1 aromatic carbocycles. The minimum atomic E-state index is -0.482. The molecule has 0 saturated carbocycles. The maximum Gasteiger partial charge on any atom is 2.00 e. The van der Waals surface area contributed by atoms with E-state index in [0.29, 0.717) is 11.7 Å². The topological polar surface area (TPSA) is 65.2 Å². The van der Waals surface area contributed by atoms with Crippen LogP contribution in [0.2, 0.25) is 0 Å². The maximum absolute atomic E-state index is 6.58. The van der Waals surface area contributed by atoms with Crippen molar-refractivity contribution in [3.63, 3.8) is 0 Å². The number of benzene rings is 1. The van der Waals surface area contributed by atoms with Crippen LogP contribution in [0.5, 0.6) is 0 Å². The molecule has 0 unspecified atom stereocenters. The number of pyridine rings is 3. The molecule has 0 spiro atoms. The van der Waals surface area contributed by atoms with Crippen LogP contribution in [0.1, 0.15) is 49.9 Å². The molecule has 0 N–H and O–H groups in total. The Hall–Kier alpha value is -3.63. The molecule has 7 heteroatoms. The second-order valence-corrected chi connectivity index (χ2v) is 11.0. The van der Waals surface area contributed by atoms with E-state index >= 15 is 0 Å². The van der Waals surface area contributed by atoms with Crippen molar-refractivity contribution < 1.29 is 25.8 Å². The number of aliphatic imine (C=N–C) groups is 1. The summed E-state index contributed by atoms with van der Waals surface area (Å²) in [7, 11) is 0. The first-order valence-corrected chi connectivity index (χ1v) is 13.5. The van der Waals surface area contributed by atoms with Crippen molar-refractivity contribution in [3.05, 3.63) is 96.0 Å². The Morgan fingerprint density at radius 2 is 1.85 bits per heavy atom. The van der Waals surface area contributed by atoms with Gasteiger partial charge in [0.25, 0.3) is 0 Å². The van der Waals surface area contributed by atoms with Gasteiger partial charge in [-0.15, -0.1) is 41.5 Å². The van der Waals surface area contributed by atoms with Crippen LogP contribution in [0.25, 0.3) is 39.0 Å². The van der Waals surface area contributed by atoms with Crippen LogP contribution in [-0.2, 0) is 25.8 Å². The number of hydrogen-bond acceptors (Lipinski definition) is 5. The van der Waals surface area contributed by atoms with E-state index in [1.807, 2.05) is 37.5 Å². The molecule has 2 atom stereocenters. The van der Waals surface area contributed by atoms with Crippen molar-refractivity contribution in [3.8, 4) is 17.1 Å². The van der Waals surface area contributed by atoms with Gasteiger partial charge in [0.2, 0.25) is 0 Å². The Morgan fingerprint density at radius 3 is 2.70 bits per heavy atom. The smallest absolute Gasteiger partial charge is 0.523 e. The second-order valence-electron chi connectivity index (χ2n) is 11.0. The minimum Gasteiger partial charge on any atom is -0.523 e. The summed E-state index contributed by atoms with van der Waals surface area (Å²) in [4.78, 5) is 19.4. The number of nitrogens with zero attached hydrogens (tertiary/aromatic N) is 5. The van der Waals surface area contributed by atoms with Crippen LogP contribution in [0.4, 0.5) is 0 Å². The second kappa shape index (κ2) is 9.78. The first-order chi connectivity index (χ1) is 18.8. The molecule has 5 aromatic rings. The number of rotatable bonds is 3. The van der Waals surface area contributed by atoms with Crippen LogP contribution in [0.15, 0.2) is 72.0 Å². The molecule has 2 aliphatic rings. The van der Waals surface area contributed by atoms with E-state index in [4.69, 9.17) is 19.7 Å². The minimum absolute atomic E-state index is 0. The summed E-state index contributed by atoms with van der Waals surface area (Å²) < 4.78 is 8.67. The Morgan fingerprint density at radius 1 is 0.975 bits per heavy atom. The molecule has 1 aliphatic carbocycles. The quantitative estimate of drug-likeness (QED) is 0.152. The zero-order valence-corrected chi connectivity index (χ0v) is 25.2. The van der Waals surface area contributed by atoms with Gasteiger partial charge in [-0.05, 0) is 88.1 Å². The maximum atomic E-state index is 6.58. The van der Waals surface area contributed by atoms with Gasteiger partial charge in [0.05, 0.1) is 22.4 Å². The third-order valence-electron chi connectivity index (χ3n) is 8.14. The summed E-state index contributed by atoms with van der Waals surface area (Å²) in [5.41, 5.74) is 6.53. The number of ether oxygens (including phenoxy) is 1. The van der Waals surface area contributed by atoms with Gasteiger partial charge in [0.1, 0.15) is 11.5 Å². The van der Waals surface area contributed by atoms with Gasteiger partial charge in [0.15, 0.2) is 0 Å². The van der Waals surface area contributed by atoms with E-state index in [2.05, 4.69) is 78.9 Å². The van der Waals surface area contributed by atoms with Gasteiger partial charge in [-0.2, -0.15) is 0 Å². The summed E-state index contributed by atoms with van der Waals surface area (Å²) in [5, 5.41) is 1.00. The molecule has 1 aliphatic heterocycles. The van der Waals surface area contributed by atoms with E-state index in [-0.39, 0.29) is 26.6 Å². The average molecular weight is 707 g/mol. The molecule has 7 rings (SSSR count). The molecular weight excluding hydrogens is 677 g/mol. The average Bonchev–Trinajstić information content (AvgIpc) is 3.34. The third kappa shape index (κ3) is 4.21. The zero-order valence-electron chi connectivity index (χ0n) is 22.9. The molecule has 5 heterocycles. The Balaban J connectivity index is 0.00000289. The summed E-state index contributed by atoms with van der Waals surface area (Å²) >= 11 is 0. The Bertz CT molecular complexity index is 1840. The number of aromatic nitrogens is 4. The standard InChI is InChI=1S/C33H29N5O.Pt/c1-21-12-16-34-26(17-21)23-10-11-25-28(19-23)38(27-9-8-15-35-30(25)27)29-20-24(18-22(2)36-29)31-37-32(3)13-6-5-7-14-33(32,4)39-31;/h7-12,14-18H,5-6,13H2,1-4H3;/q-2;+2/t32-,33+;/m1./s1. The van der Waals surface area contributed by atoms with Crippen LogP contribution >= 0.6 is 0 Å². The van der Waals surface area contributed by atoms with Gasteiger partial charge >= 0.3 is 21.1 Å². The van der Waals surface area contributed by atoms with Crippen molar-refractivity contribution >= 4 is 27.8 Å². The van der Waals surface area contributed by atoms with Crippen molar-refractivity contribution in [2.75, 3.05) is 0 Å². The number of aryl methyl sites for hydroxylation is 2. The normalized spacial score (nSPS) is 21.9. The molecule has 6 nitrogen and oxygen atoms in total. The van der Waals surface area contributed by atoms with Gasteiger partial charge in [-0.1, -0.05) is 23.1 Å². The third-order valence-corrected chi connectivity index (χ3v) is 8.14. The number of hydrogen-bond donors (Lipinski definition) is 0. The first kappa shape index (κ1) is 26.6. The molecule has 0 saturated heterocycles. The van der Waals surface area contributed by atoms with Crippen molar-refractivity contribution in [2.45, 2.75) is 58.1 Å². The largest absolute Gasteiger partial charge is 2.00 e. The monoisotopic (exact) mass is 706 g/mol. The van der Waals surface area contributed by atoms with Crippen molar-refractivity contribution in [2.24, 2.45) is 4.99 Å². The van der Waals surface area contributed by atoms with Crippen molar-refractivity contribution in [1.82, 2.24) is 19.5 Å². The van der Waals surface area contributed by atoms with E-state index in [9.17, 15) is 0 Å². The fourth-order valence-corrected chi connectivity index (χ4v) is 5.80. The van der Waals surface area contributed by atoms with Crippen LogP contribution < -0.4 is 0 Å². The Labute approximate surface area is 248 Å². The predicted octanol–water partition coefficient (Wildman–Crippen LogP) is 6.88. The van der Waals surface area contributed by atoms with Crippen LogP contribution in [0, 0.1) is 26.0 Å². The van der Waals surface area contributed by atoms with E-state index in [0.717, 1.165) is 69.3 Å². The fourth-order valence-electron chi connectivity index (χ4n) is 5.80. The molecule has 202 valence electrons. The van der Waals surface area contributed by atoms with Crippen molar-refractivity contribution in [1.29, 1.82) is 0 Å². The van der Waals surface area contributed by atoms with E-state index in [1.54, 1.807) is 0 Å². The summed E-state index contributed by atoms with van der Waals surface area (Å²) in [6, 6.07) is 21.4. The fraction of sp³-hybridized carbons (Fsp3) is 0.273. The predicted molar refractivity (Wildman–Crippen MR) is 154 cm³/mol. The molecule has 40 heavy (non-hydrogen) atoms. The summed E-state index contributed by atoms with van der Waals surface area (Å²) in [6.45, 7) is 8.39. The molecule has 0 amide bonds. The zero-order chi connectivity index (χ0) is 26.8. The molecular formula is C33H29N5OPt. The number of allylic oxidation sites excluding steroid dienone is 1. The Kier molecular flexibility index (Phi) is 6.50. The van der Waals surface area contributed by atoms with Gasteiger partial charge in [-0.25, -0.2) is 0 Å². The summed E-state index contributed by atoms with van der Waals surface area (Å²) in [6.07, 6.45) is 11.2. The SMILES string of the molecule is Cc1ccnc(-c2[c-]c3c(cc2)c2ncccc2n3-c2[c-]c(C3=N[C@]4(C)CCCC=C[C@]4(C)O3)cc(C)n2)c1.[Pt+2]. The molecule has 0 bridgehead atoms.